The quantitative estimate of drug-likeness (QED) is 0.763. The number of aryl methyl sites for hydroxylation is 1. The highest BCUT2D eigenvalue weighted by molar-refractivity contribution is 5.49. The van der Waals surface area contributed by atoms with E-state index >= 15 is 0 Å². The van der Waals surface area contributed by atoms with E-state index in [0.29, 0.717) is 5.92 Å². The minimum absolute atomic E-state index is 0.385. The average Bonchev–Trinajstić information content (AvgIpc) is 2.77. The molecule has 0 bridgehead atoms. The minimum atomic E-state index is 0.385. The fraction of sp³-hybridized carbons (Fsp3) is 0.692. The van der Waals surface area contributed by atoms with E-state index in [1.165, 1.54) is 17.7 Å². The summed E-state index contributed by atoms with van der Waals surface area (Å²) in [5.74, 6) is 2.39. The van der Waals surface area contributed by atoms with Gasteiger partial charge >= 0.3 is 0 Å². The zero-order chi connectivity index (χ0) is 12.3. The van der Waals surface area contributed by atoms with Gasteiger partial charge in [-0.2, -0.15) is 0 Å². The number of hydrogen-bond donors (Lipinski definition) is 2. The Morgan fingerprint density at radius 3 is 2.82 bits per heavy atom. The molecule has 0 saturated heterocycles. The van der Waals surface area contributed by atoms with Crippen molar-refractivity contribution in [1.29, 1.82) is 0 Å². The molecule has 1 aromatic rings. The number of nitrogens with two attached hydrogens (primary N) is 1. The predicted molar refractivity (Wildman–Crippen MR) is 70.3 cm³/mol. The zero-order valence-electron chi connectivity index (χ0n) is 10.8. The third-order valence-electron chi connectivity index (χ3n) is 3.14. The van der Waals surface area contributed by atoms with Gasteiger partial charge in [-0.05, 0) is 32.2 Å². The lowest BCUT2D eigenvalue weighted by atomic mass is 10.1. The predicted octanol–water partition coefficient (Wildman–Crippen LogP) is 1.85. The lowest BCUT2D eigenvalue weighted by Gasteiger charge is -2.13. The van der Waals surface area contributed by atoms with Gasteiger partial charge < -0.3 is 11.1 Å². The van der Waals surface area contributed by atoms with E-state index < -0.39 is 0 Å². The molecular weight excluding hydrogens is 212 g/mol. The van der Waals surface area contributed by atoms with Gasteiger partial charge in [0.1, 0.15) is 11.6 Å². The summed E-state index contributed by atoms with van der Waals surface area (Å²) in [6.07, 6.45) is 4.40. The number of nitrogens with one attached hydrogen (secondary N) is 1. The molecule has 1 aromatic heterocycles. The van der Waals surface area contributed by atoms with Gasteiger partial charge in [0.25, 0.3) is 0 Å². The molecule has 1 heterocycles. The topological polar surface area (TPSA) is 63.8 Å². The Hall–Kier alpha value is -1.16. The molecule has 94 valence electrons. The van der Waals surface area contributed by atoms with Gasteiger partial charge in [-0.25, -0.2) is 9.97 Å². The molecule has 17 heavy (non-hydrogen) atoms. The SMILES string of the molecule is CC(C)c1nc2c(c(NCCCN)n1)CCC2. The lowest BCUT2D eigenvalue weighted by Crippen LogP contribution is -2.13. The number of nitrogens with zero attached hydrogens (tertiary/aromatic N) is 2. The van der Waals surface area contributed by atoms with Crippen LogP contribution in [0.2, 0.25) is 0 Å². The summed E-state index contributed by atoms with van der Waals surface area (Å²) < 4.78 is 0. The highest BCUT2D eigenvalue weighted by Gasteiger charge is 2.19. The fourth-order valence-corrected chi connectivity index (χ4v) is 2.16. The van der Waals surface area contributed by atoms with Crippen LogP contribution in [0.1, 0.15) is 49.7 Å². The highest BCUT2D eigenvalue weighted by Crippen LogP contribution is 2.27. The third-order valence-corrected chi connectivity index (χ3v) is 3.14. The van der Waals surface area contributed by atoms with Crippen molar-refractivity contribution in [2.45, 2.75) is 45.4 Å². The van der Waals surface area contributed by atoms with Crippen LogP contribution < -0.4 is 11.1 Å². The highest BCUT2D eigenvalue weighted by atomic mass is 15.0. The standard InChI is InChI=1S/C13H22N4/c1-9(2)12-16-11-6-3-5-10(11)13(17-12)15-8-4-7-14/h9H,3-8,14H2,1-2H3,(H,15,16,17). The molecule has 0 aromatic carbocycles. The van der Waals surface area contributed by atoms with E-state index in [9.17, 15) is 0 Å². The van der Waals surface area contributed by atoms with E-state index in [0.717, 1.165) is 44.0 Å². The van der Waals surface area contributed by atoms with Crippen molar-refractivity contribution in [3.8, 4) is 0 Å². The van der Waals surface area contributed by atoms with Crippen molar-refractivity contribution in [2.75, 3.05) is 18.4 Å². The number of hydrogen-bond acceptors (Lipinski definition) is 4. The zero-order valence-corrected chi connectivity index (χ0v) is 10.8. The lowest BCUT2D eigenvalue weighted by molar-refractivity contribution is 0.758. The summed E-state index contributed by atoms with van der Waals surface area (Å²) in [4.78, 5) is 9.32. The van der Waals surface area contributed by atoms with E-state index in [-0.39, 0.29) is 0 Å². The van der Waals surface area contributed by atoms with Crippen molar-refractivity contribution in [3.05, 3.63) is 17.1 Å². The maximum Gasteiger partial charge on any atom is 0.133 e. The van der Waals surface area contributed by atoms with Crippen LogP contribution in [0, 0.1) is 0 Å². The molecule has 0 fully saturated rings. The summed E-state index contributed by atoms with van der Waals surface area (Å²) in [6.45, 7) is 5.90. The van der Waals surface area contributed by atoms with Crippen LogP contribution in [0.3, 0.4) is 0 Å². The first kappa shape index (κ1) is 12.3. The molecule has 0 unspecified atom stereocenters. The molecule has 0 saturated carbocycles. The maximum absolute atomic E-state index is 5.51. The molecule has 0 atom stereocenters. The van der Waals surface area contributed by atoms with Crippen LogP contribution in [-0.4, -0.2) is 23.1 Å². The van der Waals surface area contributed by atoms with Crippen LogP contribution in [-0.2, 0) is 12.8 Å². The largest absolute Gasteiger partial charge is 0.370 e. The van der Waals surface area contributed by atoms with Crippen LogP contribution in [0.5, 0.6) is 0 Å². The first-order valence-corrected chi connectivity index (χ1v) is 6.56. The molecule has 1 aliphatic rings. The van der Waals surface area contributed by atoms with Crippen molar-refractivity contribution in [1.82, 2.24) is 9.97 Å². The van der Waals surface area contributed by atoms with Gasteiger partial charge in [0.2, 0.25) is 0 Å². The van der Waals surface area contributed by atoms with Crippen LogP contribution in [0.4, 0.5) is 5.82 Å². The van der Waals surface area contributed by atoms with Gasteiger partial charge in [0.05, 0.1) is 0 Å². The number of anilines is 1. The van der Waals surface area contributed by atoms with Crippen molar-refractivity contribution >= 4 is 5.82 Å². The Labute approximate surface area is 103 Å². The average molecular weight is 234 g/mol. The molecule has 4 nitrogen and oxygen atoms in total. The molecule has 0 amide bonds. The second-order valence-electron chi connectivity index (χ2n) is 4.93. The molecule has 0 spiro atoms. The number of rotatable bonds is 5. The summed E-state index contributed by atoms with van der Waals surface area (Å²) >= 11 is 0. The maximum atomic E-state index is 5.51. The Kier molecular flexibility index (Phi) is 3.94. The molecule has 0 radical (unpaired) electrons. The molecule has 4 heteroatoms. The Balaban J connectivity index is 2.22. The van der Waals surface area contributed by atoms with Gasteiger partial charge in [-0.1, -0.05) is 13.8 Å². The summed E-state index contributed by atoms with van der Waals surface area (Å²) in [5.41, 5.74) is 8.09. The summed E-state index contributed by atoms with van der Waals surface area (Å²) in [7, 11) is 0. The minimum Gasteiger partial charge on any atom is -0.370 e. The van der Waals surface area contributed by atoms with Gasteiger partial charge in [0.15, 0.2) is 0 Å². The fourth-order valence-electron chi connectivity index (χ4n) is 2.16. The van der Waals surface area contributed by atoms with Crippen molar-refractivity contribution in [2.24, 2.45) is 5.73 Å². The van der Waals surface area contributed by atoms with Crippen LogP contribution in [0.15, 0.2) is 0 Å². The summed E-state index contributed by atoms with van der Waals surface area (Å²) in [6, 6.07) is 0. The van der Waals surface area contributed by atoms with Crippen LogP contribution in [0.25, 0.3) is 0 Å². The Bertz CT molecular complexity index is 387. The van der Waals surface area contributed by atoms with Gasteiger partial charge in [0, 0.05) is 23.7 Å². The molecular formula is C13H22N4. The number of aromatic nitrogens is 2. The van der Waals surface area contributed by atoms with Crippen molar-refractivity contribution in [3.63, 3.8) is 0 Å². The smallest absolute Gasteiger partial charge is 0.133 e. The molecule has 3 N–H and O–H groups in total. The molecule has 1 aliphatic carbocycles. The van der Waals surface area contributed by atoms with E-state index in [2.05, 4.69) is 29.1 Å². The second-order valence-corrected chi connectivity index (χ2v) is 4.93. The third kappa shape index (κ3) is 2.75. The monoisotopic (exact) mass is 234 g/mol. The van der Waals surface area contributed by atoms with Gasteiger partial charge in [-0.3, -0.25) is 0 Å². The molecule has 2 rings (SSSR count). The van der Waals surface area contributed by atoms with Gasteiger partial charge in [-0.15, -0.1) is 0 Å². The number of fused-ring (bicyclic) bond motifs is 1. The van der Waals surface area contributed by atoms with Crippen LogP contribution >= 0.6 is 0 Å². The van der Waals surface area contributed by atoms with E-state index in [1.54, 1.807) is 0 Å². The van der Waals surface area contributed by atoms with E-state index in [1.807, 2.05) is 0 Å². The first-order valence-electron chi connectivity index (χ1n) is 6.56. The normalized spacial score (nSPS) is 14.1. The second kappa shape index (κ2) is 5.45. The summed E-state index contributed by atoms with van der Waals surface area (Å²) in [5, 5.41) is 3.41. The van der Waals surface area contributed by atoms with E-state index in [4.69, 9.17) is 5.73 Å². The molecule has 0 aliphatic heterocycles. The Morgan fingerprint density at radius 2 is 2.12 bits per heavy atom. The van der Waals surface area contributed by atoms with Crippen molar-refractivity contribution < 1.29 is 0 Å². The Morgan fingerprint density at radius 1 is 1.29 bits per heavy atom. The first-order chi connectivity index (χ1) is 8.22.